The monoisotopic (exact) mass is 330 g/mol. The Kier molecular flexibility index (Phi) is 6.11. The molecule has 1 aromatic carbocycles. The van der Waals surface area contributed by atoms with Crippen molar-refractivity contribution in [1.29, 1.82) is 0 Å². The second kappa shape index (κ2) is 8.06. The average Bonchev–Trinajstić information content (AvgIpc) is 3.02. The van der Waals surface area contributed by atoms with Crippen LogP contribution in [0.4, 0.5) is 0 Å². The zero-order valence-electron chi connectivity index (χ0n) is 13.7. The van der Waals surface area contributed by atoms with Gasteiger partial charge in [-0.15, -0.1) is 11.3 Å². The number of benzene rings is 1. The fourth-order valence-electron chi connectivity index (χ4n) is 2.56. The lowest BCUT2D eigenvalue weighted by Crippen LogP contribution is -2.19. The van der Waals surface area contributed by atoms with Gasteiger partial charge in [0, 0.05) is 5.56 Å². The van der Waals surface area contributed by atoms with Gasteiger partial charge in [-0.2, -0.15) is 0 Å². The van der Waals surface area contributed by atoms with Crippen molar-refractivity contribution in [3.63, 3.8) is 0 Å². The van der Waals surface area contributed by atoms with Crippen molar-refractivity contribution in [2.75, 3.05) is 6.61 Å². The number of ketones is 1. The van der Waals surface area contributed by atoms with Crippen molar-refractivity contribution < 1.29 is 14.3 Å². The van der Waals surface area contributed by atoms with Crippen molar-refractivity contribution in [1.82, 2.24) is 0 Å². The van der Waals surface area contributed by atoms with Crippen LogP contribution in [-0.2, 0) is 9.53 Å². The maximum absolute atomic E-state index is 12.8. The Morgan fingerprint density at radius 1 is 1.13 bits per heavy atom. The third-order valence-corrected chi connectivity index (χ3v) is 4.52. The third-order valence-electron chi connectivity index (χ3n) is 3.59. The molecule has 1 aromatic heterocycles. The number of thiophene rings is 1. The van der Waals surface area contributed by atoms with E-state index in [4.69, 9.17) is 4.74 Å². The zero-order chi connectivity index (χ0) is 16.8. The molecule has 2 aromatic rings. The summed E-state index contributed by atoms with van der Waals surface area (Å²) in [7, 11) is 0. The van der Waals surface area contributed by atoms with Crippen molar-refractivity contribution in [2.45, 2.75) is 33.1 Å². The molecule has 0 saturated carbocycles. The van der Waals surface area contributed by atoms with Crippen LogP contribution in [0.2, 0.25) is 0 Å². The number of ether oxygens (including phenoxy) is 1. The van der Waals surface area contributed by atoms with E-state index in [0.717, 1.165) is 5.56 Å². The summed E-state index contributed by atoms with van der Waals surface area (Å²) in [6, 6.07) is 11.0. The minimum Gasteiger partial charge on any atom is -0.466 e. The summed E-state index contributed by atoms with van der Waals surface area (Å²) in [5, 5.41) is 1.87. The highest BCUT2D eigenvalue weighted by molar-refractivity contribution is 7.12. The first kappa shape index (κ1) is 17.4. The van der Waals surface area contributed by atoms with Gasteiger partial charge in [0.1, 0.15) is 0 Å². The lowest BCUT2D eigenvalue weighted by atomic mass is 9.89. The highest BCUT2D eigenvalue weighted by Gasteiger charge is 2.28. The molecule has 0 aliphatic carbocycles. The number of esters is 1. The normalized spacial score (nSPS) is 12.2. The third kappa shape index (κ3) is 4.29. The molecule has 0 bridgehead atoms. The van der Waals surface area contributed by atoms with Crippen LogP contribution in [-0.4, -0.2) is 18.4 Å². The van der Waals surface area contributed by atoms with Gasteiger partial charge in [0.2, 0.25) is 5.78 Å². The molecule has 1 atom stereocenters. The van der Waals surface area contributed by atoms with Crippen LogP contribution < -0.4 is 0 Å². The Hall–Kier alpha value is -1.94. The van der Waals surface area contributed by atoms with E-state index in [-0.39, 0.29) is 17.7 Å². The van der Waals surface area contributed by atoms with Gasteiger partial charge in [0.25, 0.3) is 0 Å². The van der Waals surface area contributed by atoms with E-state index in [1.165, 1.54) is 11.3 Å². The molecular weight excluding hydrogens is 308 g/mol. The maximum atomic E-state index is 12.8. The van der Waals surface area contributed by atoms with E-state index >= 15 is 0 Å². The second-order valence-electron chi connectivity index (χ2n) is 5.83. The minimum absolute atomic E-state index is 0.0337. The average molecular weight is 330 g/mol. The van der Waals surface area contributed by atoms with Gasteiger partial charge >= 0.3 is 5.97 Å². The van der Waals surface area contributed by atoms with Crippen molar-refractivity contribution >= 4 is 23.1 Å². The standard InChI is InChI=1S/C19H22O3S/c1-4-22-19(21)16(12-13(2)3)15-10-11-23-18(15)17(20)14-8-6-5-7-9-14/h5-11,13,16H,4,12H2,1-3H3. The van der Waals surface area contributed by atoms with Crippen LogP contribution in [0.1, 0.15) is 53.9 Å². The van der Waals surface area contributed by atoms with E-state index in [1.54, 1.807) is 19.1 Å². The van der Waals surface area contributed by atoms with E-state index in [0.29, 0.717) is 29.4 Å². The summed E-state index contributed by atoms with van der Waals surface area (Å²) in [6.07, 6.45) is 0.671. The summed E-state index contributed by atoms with van der Waals surface area (Å²) in [4.78, 5) is 25.8. The van der Waals surface area contributed by atoms with Crippen molar-refractivity contribution in [2.24, 2.45) is 5.92 Å². The van der Waals surface area contributed by atoms with E-state index in [9.17, 15) is 9.59 Å². The van der Waals surface area contributed by atoms with E-state index < -0.39 is 0 Å². The van der Waals surface area contributed by atoms with Crippen molar-refractivity contribution in [3.05, 3.63) is 57.8 Å². The molecule has 0 N–H and O–H groups in total. The van der Waals surface area contributed by atoms with Gasteiger partial charge in [0.05, 0.1) is 17.4 Å². The topological polar surface area (TPSA) is 43.4 Å². The van der Waals surface area contributed by atoms with E-state index in [1.807, 2.05) is 29.6 Å². The number of rotatable bonds is 7. The number of carbonyl (C=O) groups excluding carboxylic acids is 2. The molecule has 3 nitrogen and oxygen atoms in total. The molecule has 0 saturated heterocycles. The van der Waals surface area contributed by atoms with Gasteiger partial charge < -0.3 is 4.74 Å². The first-order valence-corrected chi connectivity index (χ1v) is 8.76. The molecule has 122 valence electrons. The molecule has 4 heteroatoms. The van der Waals surface area contributed by atoms with Crippen LogP contribution in [0.25, 0.3) is 0 Å². The van der Waals surface area contributed by atoms with Crippen LogP contribution in [0.3, 0.4) is 0 Å². The Morgan fingerprint density at radius 3 is 2.43 bits per heavy atom. The molecule has 0 spiro atoms. The van der Waals surface area contributed by atoms with Gasteiger partial charge in [-0.05, 0) is 36.3 Å². The molecule has 0 radical (unpaired) electrons. The Labute approximate surface area is 141 Å². The molecule has 23 heavy (non-hydrogen) atoms. The predicted octanol–water partition coefficient (Wildman–Crippen LogP) is 4.67. The fraction of sp³-hybridized carbons (Fsp3) is 0.368. The van der Waals surface area contributed by atoms with Crippen LogP contribution in [0.5, 0.6) is 0 Å². The lowest BCUT2D eigenvalue weighted by molar-refractivity contribution is -0.145. The van der Waals surface area contributed by atoms with Crippen LogP contribution in [0.15, 0.2) is 41.8 Å². The summed E-state index contributed by atoms with van der Waals surface area (Å²) in [6.45, 7) is 6.28. The molecule has 1 heterocycles. The van der Waals surface area contributed by atoms with Crippen LogP contribution >= 0.6 is 11.3 Å². The first-order valence-electron chi connectivity index (χ1n) is 7.88. The molecule has 0 amide bonds. The molecule has 0 fully saturated rings. The van der Waals surface area contributed by atoms with Gasteiger partial charge in [-0.25, -0.2) is 0 Å². The minimum atomic E-state index is -0.385. The molecule has 1 unspecified atom stereocenters. The summed E-state index contributed by atoms with van der Waals surface area (Å²) >= 11 is 1.39. The van der Waals surface area contributed by atoms with Crippen LogP contribution in [0, 0.1) is 5.92 Å². The first-order chi connectivity index (χ1) is 11.0. The summed E-state index contributed by atoms with van der Waals surface area (Å²) in [5.41, 5.74) is 1.43. The Morgan fingerprint density at radius 2 is 1.83 bits per heavy atom. The molecule has 0 aliphatic rings. The molecule has 2 rings (SSSR count). The molecular formula is C19H22O3S. The van der Waals surface area contributed by atoms with Gasteiger partial charge in [0.15, 0.2) is 0 Å². The fourth-order valence-corrected chi connectivity index (χ4v) is 3.49. The molecule has 0 aliphatic heterocycles. The lowest BCUT2D eigenvalue weighted by Gasteiger charge is -2.18. The smallest absolute Gasteiger partial charge is 0.313 e. The predicted molar refractivity (Wildman–Crippen MR) is 93.0 cm³/mol. The Bertz CT molecular complexity index is 658. The van der Waals surface area contributed by atoms with Crippen molar-refractivity contribution in [3.8, 4) is 0 Å². The maximum Gasteiger partial charge on any atom is 0.313 e. The van der Waals surface area contributed by atoms with E-state index in [2.05, 4.69) is 13.8 Å². The quantitative estimate of drug-likeness (QED) is 0.547. The number of hydrogen-bond acceptors (Lipinski definition) is 4. The second-order valence-corrected chi connectivity index (χ2v) is 6.75. The highest BCUT2D eigenvalue weighted by Crippen LogP contribution is 2.32. The number of carbonyl (C=O) groups is 2. The summed E-state index contributed by atoms with van der Waals surface area (Å²) in [5.74, 6) is -0.330. The Balaban J connectivity index is 2.36. The summed E-state index contributed by atoms with van der Waals surface area (Å²) < 4.78 is 5.22. The largest absolute Gasteiger partial charge is 0.466 e. The SMILES string of the molecule is CCOC(=O)C(CC(C)C)c1ccsc1C(=O)c1ccccc1. The van der Waals surface area contributed by atoms with Gasteiger partial charge in [-0.1, -0.05) is 44.2 Å². The number of hydrogen-bond donors (Lipinski definition) is 0. The zero-order valence-corrected chi connectivity index (χ0v) is 14.6. The highest BCUT2D eigenvalue weighted by atomic mass is 32.1. The van der Waals surface area contributed by atoms with Gasteiger partial charge in [-0.3, -0.25) is 9.59 Å².